The predicted molar refractivity (Wildman–Crippen MR) is 81.0 cm³/mol. The molecular formula is C16H31N3. The first-order valence-electron chi connectivity index (χ1n) is 7.99. The molecule has 1 unspecified atom stereocenters. The first-order chi connectivity index (χ1) is 9.15. The summed E-state index contributed by atoms with van der Waals surface area (Å²) in [5, 5.41) is 12.2. The van der Waals surface area contributed by atoms with Crippen LogP contribution < -0.4 is 5.32 Å². The Morgan fingerprint density at radius 3 is 2.47 bits per heavy atom. The van der Waals surface area contributed by atoms with E-state index < -0.39 is 0 Å². The summed E-state index contributed by atoms with van der Waals surface area (Å²) in [4.78, 5) is 2.66. The van der Waals surface area contributed by atoms with Crippen molar-refractivity contribution in [2.24, 2.45) is 0 Å². The van der Waals surface area contributed by atoms with Crippen molar-refractivity contribution in [1.82, 2.24) is 10.2 Å². The summed E-state index contributed by atoms with van der Waals surface area (Å²) in [5.41, 5.74) is -0.345. The molecule has 1 atom stereocenters. The van der Waals surface area contributed by atoms with Crippen LogP contribution in [0, 0.1) is 11.3 Å². The van der Waals surface area contributed by atoms with Crippen LogP contribution in [-0.4, -0.2) is 36.6 Å². The molecule has 1 N–H and O–H groups in total. The maximum absolute atomic E-state index is 9.12. The zero-order chi connectivity index (χ0) is 14.1. The summed E-state index contributed by atoms with van der Waals surface area (Å²) in [7, 11) is 1.88. The van der Waals surface area contributed by atoms with Crippen molar-refractivity contribution in [1.29, 1.82) is 5.26 Å². The van der Waals surface area contributed by atoms with Crippen LogP contribution in [0.1, 0.15) is 65.2 Å². The van der Waals surface area contributed by atoms with E-state index in [1.807, 2.05) is 14.0 Å². The number of hydrogen-bond acceptors (Lipinski definition) is 3. The Morgan fingerprint density at radius 2 is 1.95 bits per heavy atom. The van der Waals surface area contributed by atoms with Gasteiger partial charge in [0.15, 0.2) is 0 Å². The van der Waals surface area contributed by atoms with Gasteiger partial charge in [0.25, 0.3) is 0 Å². The third-order valence-corrected chi connectivity index (χ3v) is 4.67. The Labute approximate surface area is 119 Å². The van der Waals surface area contributed by atoms with Gasteiger partial charge in [-0.15, -0.1) is 0 Å². The Bertz CT molecular complexity index is 278. The molecule has 1 rings (SSSR count). The average Bonchev–Trinajstić information content (AvgIpc) is 2.48. The molecule has 1 aliphatic rings. The van der Waals surface area contributed by atoms with E-state index in [1.54, 1.807) is 0 Å². The van der Waals surface area contributed by atoms with Crippen molar-refractivity contribution in [2.45, 2.75) is 76.8 Å². The smallest absolute Gasteiger partial charge is 0.103 e. The van der Waals surface area contributed by atoms with E-state index in [9.17, 15) is 0 Å². The van der Waals surface area contributed by atoms with Crippen molar-refractivity contribution in [2.75, 3.05) is 20.1 Å². The van der Waals surface area contributed by atoms with Gasteiger partial charge < -0.3 is 10.2 Å². The van der Waals surface area contributed by atoms with Gasteiger partial charge in [0.2, 0.25) is 0 Å². The van der Waals surface area contributed by atoms with Crippen molar-refractivity contribution in [3.63, 3.8) is 0 Å². The summed E-state index contributed by atoms with van der Waals surface area (Å²) in [6.07, 6.45) is 10.3. The molecular weight excluding hydrogens is 234 g/mol. The second-order valence-corrected chi connectivity index (χ2v) is 6.07. The monoisotopic (exact) mass is 265 g/mol. The molecule has 0 radical (unpaired) electrons. The molecule has 19 heavy (non-hydrogen) atoms. The molecule has 0 aromatic rings. The first-order valence-corrected chi connectivity index (χ1v) is 7.99. The summed E-state index contributed by atoms with van der Waals surface area (Å²) in [5.74, 6) is 0. The Morgan fingerprint density at radius 1 is 1.26 bits per heavy atom. The lowest BCUT2D eigenvalue weighted by atomic mass is 9.93. The average molecular weight is 265 g/mol. The molecule has 0 bridgehead atoms. The number of unbranched alkanes of at least 4 members (excludes halogenated alkanes) is 1. The fourth-order valence-corrected chi connectivity index (χ4v) is 3.08. The van der Waals surface area contributed by atoms with Crippen molar-refractivity contribution in [3.05, 3.63) is 0 Å². The Balaban J connectivity index is 2.24. The van der Waals surface area contributed by atoms with Gasteiger partial charge in [0, 0.05) is 6.04 Å². The van der Waals surface area contributed by atoms with Gasteiger partial charge in [0.05, 0.1) is 6.07 Å². The highest BCUT2D eigenvalue weighted by Gasteiger charge is 2.22. The van der Waals surface area contributed by atoms with E-state index in [0.29, 0.717) is 0 Å². The van der Waals surface area contributed by atoms with Crippen molar-refractivity contribution < 1.29 is 0 Å². The Hall–Kier alpha value is -0.590. The first kappa shape index (κ1) is 16.5. The van der Waals surface area contributed by atoms with Crippen LogP contribution in [0.25, 0.3) is 0 Å². The van der Waals surface area contributed by atoms with Crippen molar-refractivity contribution in [3.8, 4) is 6.07 Å². The van der Waals surface area contributed by atoms with E-state index in [2.05, 4.69) is 23.2 Å². The highest BCUT2D eigenvalue weighted by molar-refractivity contribution is 5.02. The molecule has 1 aliphatic carbocycles. The van der Waals surface area contributed by atoms with Crippen LogP contribution >= 0.6 is 0 Å². The summed E-state index contributed by atoms with van der Waals surface area (Å²) < 4.78 is 0. The molecule has 0 aromatic carbocycles. The third kappa shape index (κ3) is 5.50. The second-order valence-electron chi connectivity index (χ2n) is 6.07. The fraction of sp³-hybridized carbons (Fsp3) is 0.938. The lowest BCUT2D eigenvalue weighted by Gasteiger charge is -2.33. The maximum Gasteiger partial charge on any atom is 0.103 e. The van der Waals surface area contributed by atoms with Crippen LogP contribution in [0.5, 0.6) is 0 Å². The van der Waals surface area contributed by atoms with Crippen LogP contribution in [0.15, 0.2) is 0 Å². The second kappa shape index (κ2) is 8.55. The Kier molecular flexibility index (Phi) is 7.41. The van der Waals surface area contributed by atoms with E-state index in [1.165, 1.54) is 51.6 Å². The zero-order valence-electron chi connectivity index (χ0n) is 13.0. The van der Waals surface area contributed by atoms with Crippen LogP contribution in [0.2, 0.25) is 0 Å². The van der Waals surface area contributed by atoms with E-state index in [-0.39, 0.29) is 5.54 Å². The number of hydrogen-bond donors (Lipinski definition) is 1. The van der Waals surface area contributed by atoms with Crippen LogP contribution in [0.4, 0.5) is 0 Å². The minimum absolute atomic E-state index is 0.345. The number of rotatable bonds is 8. The minimum atomic E-state index is -0.345. The molecule has 0 aromatic heterocycles. The molecule has 0 aliphatic heterocycles. The summed E-state index contributed by atoms with van der Waals surface area (Å²) in [6, 6.07) is 3.19. The van der Waals surface area contributed by atoms with Crippen LogP contribution in [0.3, 0.4) is 0 Å². The molecule has 3 nitrogen and oxygen atoms in total. The van der Waals surface area contributed by atoms with Gasteiger partial charge in [-0.05, 0) is 59.2 Å². The molecule has 0 spiro atoms. The van der Waals surface area contributed by atoms with E-state index in [0.717, 1.165) is 18.9 Å². The lowest BCUT2D eigenvalue weighted by Crippen LogP contribution is -2.39. The molecule has 3 heteroatoms. The largest absolute Gasteiger partial charge is 0.303 e. The highest BCUT2D eigenvalue weighted by Crippen LogP contribution is 2.23. The van der Waals surface area contributed by atoms with Gasteiger partial charge in [-0.1, -0.05) is 26.2 Å². The van der Waals surface area contributed by atoms with Gasteiger partial charge >= 0.3 is 0 Å². The third-order valence-electron chi connectivity index (χ3n) is 4.67. The molecule has 110 valence electrons. The fourth-order valence-electron chi connectivity index (χ4n) is 3.08. The summed E-state index contributed by atoms with van der Waals surface area (Å²) in [6.45, 7) is 6.64. The van der Waals surface area contributed by atoms with Gasteiger partial charge in [-0.3, -0.25) is 0 Å². The van der Waals surface area contributed by atoms with Gasteiger partial charge in [0.1, 0.15) is 5.54 Å². The predicted octanol–water partition coefficient (Wildman–Crippen LogP) is 3.31. The molecule has 1 saturated carbocycles. The zero-order valence-corrected chi connectivity index (χ0v) is 13.0. The molecule has 0 amide bonds. The molecule has 0 heterocycles. The van der Waals surface area contributed by atoms with Gasteiger partial charge in [-0.25, -0.2) is 0 Å². The SMILES string of the molecule is CCN(CCCCC(C)(C#N)NC)C1CCCCC1. The molecule has 1 fully saturated rings. The number of nitrogens with zero attached hydrogens (tertiary/aromatic N) is 2. The standard InChI is InChI=1S/C16H31N3/c1-4-19(15-10-6-5-7-11-15)13-9-8-12-16(2,14-17)18-3/h15,18H,4-13H2,1-3H3. The van der Waals surface area contributed by atoms with Crippen LogP contribution in [-0.2, 0) is 0 Å². The van der Waals surface area contributed by atoms with E-state index in [4.69, 9.17) is 5.26 Å². The number of nitrogens with one attached hydrogen (secondary N) is 1. The normalized spacial score (nSPS) is 20.2. The highest BCUT2D eigenvalue weighted by atomic mass is 15.1. The van der Waals surface area contributed by atoms with Crippen molar-refractivity contribution >= 4 is 0 Å². The minimum Gasteiger partial charge on any atom is -0.303 e. The summed E-state index contributed by atoms with van der Waals surface area (Å²) >= 11 is 0. The number of nitriles is 1. The quantitative estimate of drug-likeness (QED) is 0.684. The lowest BCUT2D eigenvalue weighted by molar-refractivity contribution is 0.160. The molecule has 0 saturated heterocycles. The topological polar surface area (TPSA) is 39.1 Å². The van der Waals surface area contributed by atoms with E-state index >= 15 is 0 Å². The van der Waals surface area contributed by atoms with Gasteiger partial charge in [-0.2, -0.15) is 5.26 Å². The maximum atomic E-state index is 9.12.